The van der Waals surface area contributed by atoms with Crippen molar-refractivity contribution in [3.63, 3.8) is 0 Å². The molecule has 5 rings (SSSR count). The Morgan fingerprint density at radius 1 is 1.00 bits per heavy atom. The highest BCUT2D eigenvalue weighted by Crippen LogP contribution is 2.40. The maximum Gasteiger partial charge on any atom is 0.255 e. The number of aromatic nitrogens is 3. The van der Waals surface area contributed by atoms with Gasteiger partial charge in [-0.25, -0.2) is 4.68 Å². The van der Waals surface area contributed by atoms with Gasteiger partial charge in [-0.2, -0.15) is 4.98 Å². The summed E-state index contributed by atoms with van der Waals surface area (Å²) in [6.45, 7) is 6.90. The number of thioether (sulfide) groups is 1. The summed E-state index contributed by atoms with van der Waals surface area (Å²) in [5, 5.41) is 11.9. The summed E-state index contributed by atoms with van der Waals surface area (Å²) in [5.74, 6) is 2.57. The van der Waals surface area contributed by atoms with Crippen LogP contribution in [0.4, 0.5) is 11.6 Å². The zero-order chi connectivity index (χ0) is 28.6. The standard InChI is InChI=1S/C32H35N5O3S/c1-4-6-19-41-32-35-31-33-22(3)28(30(38)34-25-15-11-8-12-16-25)29(37(31)36-32)24-17-18-26(27(20-24)39-5-2)40-21-23-13-9-7-10-14-23/h7-18,20,29H,4-6,19,21H2,1-3H3,(H,34,38)(H,33,35,36). The van der Waals surface area contributed by atoms with E-state index in [2.05, 4.69) is 17.6 Å². The number of carbonyl (C=O) groups is 1. The lowest BCUT2D eigenvalue weighted by atomic mass is 9.94. The first-order chi connectivity index (χ1) is 20.1. The van der Waals surface area contributed by atoms with Crippen molar-refractivity contribution >= 4 is 29.3 Å². The third-order valence-electron chi connectivity index (χ3n) is 6.66. The van der Waals surface area contributed by atoms with Gasteiger partial charge in [-0.3, -0.25) is 4.79 Å². The van der Waals surface area contributed by atoms with Gasteiger partial charge in [-0.1, -0.05) is 79.7 Å². The Labute approximate surface area is 245 Å². The normalized spacial score (nSPS) is 14.3. The number of amides is 1. The van der Waals surface area contributed by atoms with E-state index in [1.54, 1.807) is 16.4 Å². The van der Waals surface area contributed by atoms with E-state index >= 15 is 0 Å². The van der Waals surface area contributed by atoms with Crippen molar-refractivity contribution in [1.82, 2.24) is 14.8 Å². The zero-order valence-electron chi connectivity index (χ0n) is 23.6. The number of hydrogen-bond donors (Lipinski definition) is 2. The lowest BCUT2D eigenvalue weighted by Crippen LogP contribution is -2.31. The number of nitrogens with one attached hydrogen (secondary N) is 2. The molecule has 0 fully saturated rings. The van der Waals surface area contributed by atoms with E-state index in [4.69, 9.17) is 19.6 Å². The molecule has 1 aliphatic rings. The number of para-hydroxylation sites is 1. The molecular formula is C32H35N5O3S. The average Bonchev–Trinajstić information content (AvgIpc) is 3.39. The average molecular weight is 570 g/mol. The van der Waals surface area contributed by atoms with Gasteiger partial charge >= 0.3 is 0 Å². The predicted octanol–water partition coefficient (Wildman–Crippen LogP) is 7.08. The van der Waals surface area contributed by atoms with Crippen LogP contribution < -0.4 is 20.1 Å². The maximum absolute atomic E-state index is 13.8. The second-order valence-electron chi connectivity index (χ2n) is 9.66. The first kappa shape index (κ1) is 28.3. The Balaban J connectivity index is 1.52. The highest BCUT2D eigenvalue weighted by atomic mass is 32.2. The summed E-state index contributed by atoms with van der Waals surface area (Å²) in [6, 6.07) is 24.8. The minimum Gasteiger partial charge on any atom is -0.490 e. The van der Waals surface area contributed by atoms with Crippen molar-refractivity contribution in [2.45, 2.75) is 51.4 Å². The van der Waals surface area contributed by atoms with Gasteiger partial charge in [0.2, 0.25) is 11.1 Å². The minimum absolute atomic E-state index is 0.213. The van der Waals surface area contributed by atoms with Gasteiger partial charge in [-0.05, 0) is 55.7 Å². The molecule has 212 valence electrons. The topological polar surface area (TPSA) is 90.3 Å². The molecule has 8 nitrogen and oxygen atoms in total. The van der Waals surface area contributed by atoms with Crippen molar-refractivity contribution in [2.75, 3.05) is 23.0 Å². The van der Waals surface area contributed by atoms with E-state index < -0.39 is 6.04 Å². The predicted molar refractivity (Wildman–Crippen MR) is 164 cm³/mol. The van der Waals surface area contributed by atoms with Crippen molar-refractivity contribution in [3.05, 3.63) is 101 Å². The second kappa shape index (κ2) is 13.4. The van der Waals surface area contributed by atoms with Crippen LogP contribution in [0.3, 0.4) is 0 Å². The van der Waals surface area contributed by atoms with Crippen LogP contribution in [-0.2, 0) is 11.4 Å². The molecule has 1 aliphatic heterocycles. The molecule has 0 saturated carbocycles. The van der Waals surface area contributed by atoms with Gasteiger partial charge in [0.15, 0.2) is 11.5 Å². The fourth-order valence-corrected chi connectivity index (χ4v) is 5.55. The smallest absolute Gasteiger partial charge is 0.255 e. The molecule has 0 spiro atoms. The van der Waals surface area contributed by atoms with E-state index in [0.29, 0.717) is 41.4 Å². The van der Waals surface area contributed by atoms with Gasteiger partial charge in [-0.15, -0.1) is 5.10 Å². The van der Waals surface area contributed by atoms with E-state index in [1.807, 2.05) is 92.7 Å². The minimum atomic E-state index is -0.523. The van der Waals surface area contributed by atoms with Gasteiger partial charge in [0.05, 0.1) is 12.2 Å². The Kier molecular flexibility index (Phi) is 9.26. The summed E-state index contributed by atoms with van der Waals surface area (Å²) >= 11 is 1.62. The highest BCUT2D eigenvalue weighted by Gasteiger charge is 2.35. The number of unbranched alkanes of at least 4 members (excludes halogenated alkanes) is 1. The van der Waals surface area contributed by atoms with Crippen molar-refractivity contribution < 1.29 is 14.3 Å². The third-order valence-corrected chi connectivity index (χ3v) is 7.58. The molecule has 1 aromatic heterocycles. The molecule has 0 saturated heterocycles. The van der Waals surface area contributed by atoms with Crippen LogP contribution in [-0.4, -0.2) is 33.0 Å². The first-order valence-electron chi connectivity index (χ1n) is 13.9. The molecule has 4 aromatic rings. The molecule has 1 amide bonds. The van der Waals surface area contributed by atoms with Gasteiger partial charge in [0.25, 0.3) is 5.91 Å². The molecule has 2 heterocycles. The summed E-state index contributed by atoms with van der Waals surface area (Å²) in [6.07, 6.45) is 2.18. The number of rotatable bonds is 12. The number of carbonyl (C=O) groups excluding carboxylic acids is 1. The monoisotopic (exact) mass is 569 g/mol. The van der Waals surface area contributed by atoms with Crippen LogP contribution in [0.5, 0.6) is 11.5 Å². The quantitative estimate of drug-likeness (QED) is 0.139. The molecule has 1 unspecified atom stereocenters. The molecule has 3 aromatic carbocycles. The van der Waals surface area contributed by atoms with Crippen LogP contribution in [0, 0.1) is 0 Å². The number of ether oxygens (including phenoxy) is 2. The lowest BCUT2D eigenvalue weighted by Gasteiger charge is -2.29. The van der Waals surface area contributed by atoms with Crippen LogP contribution in [0.1, 0.15) is 50.8 Å². The number of hydrogen-bond acceptors (Lipinski definition) is 7. The van der Waals surface area contributed by atoms with Crippen LogP contribution >= 0.6 is 11.8 Å². The van der Waals surface area contributed by atoms with Crippen molar-refractivity contribution in [1.29, 1.82) is 0 Å². The fourth-order valence-electron chi connectivity index (χ4n) is 4.64. The lowest BCUT2D eigenvalue weighted by molar-refractivity contribution is -0.113. The molecule has 9 heteroatoms. The number of allylic oxidation sites excluding steroid dienone is 1. The van der Waals surface area contributed by atoms with Gasteiger partial charge < -0.3 is 20.1 Å². The Bertz CT molecular complexity index is 1500. The zero-order valence-corrected chi connectivity index (χ0v) is 24.4. The van der Waals surface area contributed by atoms with E-state index in [-0.39, 0.29) is 5.91 Å². The molecule has 41 heavy (non-hydrogen) atoms. The second-order valence-corrected chi connectivity index (χ2v) is 10.7. The molecular weight excluding hydrogens is 534 g/mol. The van der Waals surface area contributed by atoms with Gasteiger partial charge in [0.1, 0.15) is 12.6 Å². The summed E-state index contributed by atoms with van der Waals surface area (Å²) in [5.41, 5.74) is 3.90. The molecule has 0 radical (unpaired) electrons. The molecule has 0 aliphatic carbocycles. The van der Waals surface area contributed by atoms with E-state index in [9.17, 15) is 4.79 Å². The summed E-state index contributed by atoms with van der Waals surface area (Å²) in [4.78, 5) is 18.5. The maximum atomic E-state index is 13.8. The highest BCUT2D eigenvalue weighted by molar-refractivity contribution is 7.99. The van der Waals surface area contributed by atoms with E-state index in [0.717, 1.165) is 41.1 Å². The summed E-state index contributed by atoms with van der Waals surface area (Å²) in [7, 11) is 0. The molecule has 1 atom stereocenters. The first-order valence-corrected chi connectivity index (χ1v) is 14.9. The number of benzene rings is 3. The number of anilines is 2. The largest absolute Gasteiger partial charge is 0.490 e. The fraction of sp³-hybridized carbons (Fsp3) is 0.281. The summed E-state index contributed by atoms with van der Waals surface area (Å²) < 4.78 is 14.0. The van der Waals surface area contributed by atoms with Crippen molar-refractivity contribution in [3.8, 4) is 11.5 Å². The van der Waals surface area contributed by atoms with Gasteiger partial charge in [0, 0.05) is 17.1 Å². The SMILES string of the molecule is CCCCSc1nc2n(n1)C(c1ccc(OCc3ccccc3)c(OCC)c1)C(C(=O)Nc1ccccc1)=C(C)N2. The van der Waals surface area contributed by atoms with Crippen LogP contribution in [0.2, 0.25) is 0 Å². The Hall–Kier alpha value is -4.24. The van der Waals surface area contributed by atoms with E-state index in [1.165, 1.54) is 0 Å². The van der Waals surface area contributed by atoms with Crippen LogP contribution in [0.15, 0.2) is 95.3 Å². The van der Waals surface area contributed by atoms with Crippen LogP contribution in [0.25, 0.3) is 0 Å². The Morgan fingerprint density at radius 2 is 1.76 bits per heavy atom. The van der Waals surface area contributed by atoms with Crippen molar-refractivity contribution in [2.24, 2.45) is 0 Å². The third kappa shape index (κ3) is 6.74. The Morgan fingerprint density at radius 3 is 2.49 bits per heavy atom. The number of nitrogens with zero attached hydrogens (tertiary/aromatic N) is 3. The molecule has 0 bridgehead atoms. The molecule has 2 N–H and O–H groups in total. The number of fused-ring (bicyclic) bond motifs is 1.